The molecular weight excluding hydrogens is 318 g/mol. The molecule has 25 heavy (non-hydrogen) atoms. The monoisotopic (exact) mass is 339 g/mol. The summed E-state index contributed by atoms with van der Waals surface area (Å²) in [4.78, 5) is 25.2. The Morgan fingerprint density at radius 3 is 2.48 bits per heavy atom. The van der Waals surface area contributed by atoms with Crippen molar-refractivity contribution in [3.8, 4) is 0 Å². The Kier molecular flexibility index (Phi) is 5.09. The van der Waals surface area contributed by atoms with Crippen LogP contribution >= 0.6 is 0 Å². The number of carbonyl (C=O) groups excluding carboxylic acids is 1. The van der Waals surface area contributed by atoms with Crippen molar-refractivity contribution in [1.29, 1.82) is 0 Å². The van der Waals surface area contributed by atoms with Gasteiger partial charge in [-0.15, -0.1) is 0 Å². The number of amides is 1. The summed E-state index contributed by atoms with van der Waals surface area (Å²) in [5.41, 5.74) is 7.53. The molecule has 0 unspecified atom stereocenters. The normalized spacial score (nSPS) is 19.8. The van der Waals surface area contributed by atoms with Gasteiger partial charge in [0.25, 0.3) is 5.69 Å². The molecule has 2 aromatic rings. The molecule has 0 aliphatic carbocycles. The van der Waals surface area contributed by atoms with Crippen molar-refractivity contribution in [2.75, 3.05) is 19.6 Å². The molecule has 2 N–H and O–H groups in total. The third-order valence-electron chi connectivity index (χ3n) is 4.85. The molecule has 0 saturated carbocycles. The standard InChI is InChI=1S/C19H21N3O3/c20-11-16-12-21(13-17(16)14-6-2-1-3-7-14)19(23)10-15-8-4-5-9-18(15)22(24)25/h1-9,16-17H,10-13,20H2/t16-,17+/m1/s1. The summed E-state index contributed by atoms with van der Waals surface area (Å²) in [5, 5.41) is 11.1. The van der Waals surface area contributed by atoms with Crippen LogP contribution in [0.5, 0.6) is 0 Å². The molecule has 0 bridgehead atoms. The van der Waals surface area contributed by atoms with Crippen LogP contribution in [0.4, 0.5) is 5.69 Å². The van der Waals surface area contributed by atoms with Crippen molar-refractivity contribution in [1.82, 2.24) is 4.90 Å². The molecule has 3 rings (SSSR count). The average Bonchev–Trinajstić information content (AvgIpc) is 3.07. The van der Waals surface area contributed by atoms with E-state index in [1.165, 1.54) is 11.6 Å². The number of nitro groups is 1. The van der Waals surface area contributed by atoms with Gasteiger partial charge in [0.2, 0.25) is 5.91 Å². The van der Waals surface area contributed by atoms with Gasteiger partial charge in [0.1, 0.15) is 0 Å². The number of hydrogen-bond donors (Lipinski definition) is 1. The molecule has 1 saturated heterocycles. The molecule has 130 valence electrons. The lowest BCUT2D eigenvalue weighted by atomic mass is 9.89. The maximum atomic E-state index is 12.7. The summed E-state index contributed by atoms with van der Waals surface area (Å²) in [6.07, 6.45) is 0.0377. The second-order valence-corrected chi connectivity index (χ2v) is 6.37. The number of rotatable bonds is 5. The molecule has 6 nitrogen and oxygen atoms in total. The average molecular weight is 339 g/mol. The molecule has 0 spiro atoms. The highest BCUT2D eigenvalue weighted by Crippen LogP contribution is 2.32. The lowest BCUT2D eigenvalue weighted by Gasteiger charge is -2.17. The summed E-state index contributed by atoms with van der Waals surface area (Å²) in [6, 6.07) is 16.5. The fourth-order valence-corrected chi connectivity index (χ4v) is 3.50. The SMILES string of the molecule is NC[C@@H]1CN(C(=O)Cc2ccccc2[N+](=O)[O-])C[C@H]1c1ccccc1. The van der Waals surface area contributed by atoms with Gasteiger partial charge in [-0.25, -0.2) is 0 Å². The summed E-state index contributed by atoms with van der Waals surface area (Å²) in [6.45, 7) is 1.70. The van der Waals surface area contributed by atoms with Crippen LogP contribution in [0.25, 0.3) is 0 Å². The number of para-hydroxylation sites is 1. The van der Waals surface area contributed by atoms with E-state index in [-0.39, 0.29) is 29.9 Å². The number of nitrogens with zero attached hydrogens (tertiary/aromatic N) is 2. The Bertz CT molecular complexity index is 764. The first-order chi connectivity index (χ1) is 12.1. The number of hydrogen-bond acceptors (Lipinski definition) is 4. The number of benzene rings is 2. The summed E-state index contributed by atoms with van der Waals surface area (Å²) in [7, 11) is 0. The van der Waals surface area contributed by atoms with E-state index in [2.05, 4.69) is 12.1 Å². The Morgan fingerprint density at radius 1 is 1.12 bits per heavy atom. The fraction of sp³-hybridized carbons (Fsp3) is 0.316. The minimum atomic E-state index is -0.442. The Hall–Kier alpha value is -2.73. The van der Waals surface area contributed by atoms with Gasteiger partial charge in [-0.05, 0) is 18.0 Å². The van der Waals surface area contributed by atoms with Crippen LogP contribution in [0.15, 0.2) is 54.6 Å². The van der Waals surface area contributed by atoms with Crippen LogP contribution in [0, 0.1) is 16.0 Å². The first kappa shape index (κ1) is 17.1. The van der Waals surface area contributed by atoms with Gasteiger partial charge in [0.05, 0.1) is 11.3 Å². The Morgan fingerprint density at radius 2 is 1.80 bits per heavy atom. The van der Waals surface area contributed by atoms with Gasteiger partial charge < -0.3 is 10.6 Å². The van der Waals surface area contributed by atoms with Gasteiger partial charge in [0.15, 0.2) is 0 Å². The van der Waals surface area contributed by atoms with Crippen molar-refractivity contribution in [2.45, 2.75) is 12.3 Å². The molecule has 1 amide bonds. The molecular formula is C19H21N3O3. The minimum absolute atomic E-state index is 0.00923. The van der Waals surface area contributed by atoms with Crippen molar-refractivity contribution in [3.05, 3.63) is 75.8 Å². The minimum Gasteiger partial charge on any atom is -0.341 e. The second kappa shape index (κ2) is 7.44. The predicted octanol–water partition coefficient (Wildman–Crippen LogP) is 2.34. The third kappa shape index (κ3) is 3.69. The smallest absolute Gasteiger partial charge is 0.273 e. The molecule has 1 heterocycles. The zero-order valence-corrected chi connectivity index (χ0v) is 13.9. The van der Waals surface area contributed by atoms with Gasteiger partial charge in [0, 0.05) is 30.6 Å². The van der Waals surface area contributed by atoms with E-state index in [9.17, 15) is 14.9 Å². The van der Waals surface area contributed by atoms with E-state index < -0.39 is 4.92 Å². The van der Waals surface area contributed by atoms with E-state index >= 15 is 0 Å². The highest BCUT2D eigenvalue weighted by atomic mass is 16.6. The summed E-state index contributed by atoms with van der Waals surface area (Å²) in [5.74, 6) is 0.323. The van der Waals surface area contributed by atoms with Crippen molar-refractivity contribution >= 4 is 11.6 Å². The van der Waals surface area contributed by atoms with E-state index in [4.69, 9.17) is 5.73 Å². The molecule has 6 heteroatoms. The lowest BCUT2D eigenvalue weighted by Crippen LogP contribution is -2.31. The maximum absolute atomic E-state index is 12.7. The van der Waals surface area contributed by atoms with Crippen molar-refractivity contribution in [3.63, 3.8) is 0 Å². The largest absolute Gasteiger partial charge is 0.341 e. The molecule has 2 atom stereocenters. The fourth-order valence-electron chi connectivity index (χ4n) is 3.50. The van der Waals surface area contributed by atoms with Crippen molar-refractivity contribution < 1.29 is 9.72 Å². The number of likely N-dealkylation sites (tertiary alicyclic amines) is 1. The van der Waals surface area contributed by atoms with Crippen LogP contribution in [0.1, 0.15) is 17.0 Å². The molecule has 2 aromatic carbocycles. The van der Waals surface area contributed by atoms with Crippen LogP contribution in [-0.2, 0) is 11.2 Å². The Balaban J connectivity index is 1.75. The number of nitro benzene ring substituents is 1. The second-order valence-electron chi connectivity index (χ2n) is 6.37. The Labute approximate surface area is 146 Å². The quantitative estimate of drug-likeness (QED) is 0.669. The highest BCUT2D eigenvalue weighted by Gasteiger charge is 2.35. The van der Waals surface area contributed by atoms with Gasteiger partial charge in [-0.2, -0.15) is 0 Å². The van der Waals surface area contributed by atoms with Crippen molar-refractivity contribution in [2.24, 2.45) is 11.7 Å². The first-order valence-electron chi connectivity index (χ1n) is 8.35. The summed E-state index contributed by atoms with van der Waals surface area (Å²) >= 11 is 0. The molecule has 0 aromatic heterocycles. The lowest BCUT2D eigenvalue weighted by molar-refractivity contribution is -0.385. The maximum Gasteiger partial charge on any atom is 0.273 e. The zero-order chi connectivity index (χ0) is 17.8. The van der Waals surface area contributed by atoms with Gasteiger partial charge in [-0.1, -0.05) is 48.5 Å². The topological polar surface area (TPSA) is 89.5 Å². The summed E-state index contributed by atoms with van der Waals surface area (Å²) < 4.78 is 0. The van der Waals surface area contributed by atoms with Gasteiger partial charge >= 0.3 is 0 Å². The van der Waals surface area contributed by atoms with Crippen LogP contribution in [0.2, 0.25) is 0 Å². The molecule has 1 aliphatic heterocycles. The predicted molar refractivity (Wildman–Crippen MR) is 95.1 cm³/mol. The first-order valence-corrected chi connectivity index (χ1v) is 8.35. The van der Waals surface area contributed by atoms with Gasteiger partial charge in [-0.3, -0.25) is 14.9 Å². The van der Waals surface area contributed by atoms with E-state index in [1.54, 1.807) is 23.1 Å². The number of nitrogens with two attached hydrogens (primary N) is 1. The van der Waals surface area contributed by atoms with E-state index in [0.29, 0.717) is 25.2 Å². The van der Waals surface area contributed by atoms with E-state index in [1.807, 2.05) is 18.2 Å². The zero-order valence-electron chi connectivity index (χ0n) is 13.9. The third-order valence-corrected chi connectivity index (χ3v) is 4.85. The van der Waals surface area contributed by atoms with Crippen LogP contribution in [0.3, 0.4) is 0 Å². The van der Waals surface area contributed by atoms with Crippen LogP contribution in [-0.4, -0.2) is 35.4 Å². The van der Waals surface area contributed by atoms with E-state index in [0.717, 1.165) is 0 Å². The highest BCUT2D eigenvalue weighted by molar-refractivity contribution is 5.80. The molecule has 1 fully saturated rings. The van der Waals surface area contributed by atoms with Crippen LogP contribution < -0.4 is 5.73 Å². The molecule has 0 radical (unpaired) electrons. The number of carbonyl (C=O) groups is 1. The molecule has 1 aliphatic rings.